The molecule has 4 rings (SSSR count). The minimum Gasteiger partial charge on any atom is -0.325 e. The van der Waals surface area contributed by atoms with Crippen LogP contribution in [0.5, 0.6) is 0 Å². The molecule has 2 aromatic heterocycles. The Balaban J connectivity index is 1.38. The lowest BCUT2D eigenvalue weighted by Crippen LogP contribution is -2.33. The van der Waals surface area contributed by atoms with Crippen LogP contribution in [-0.2, 0) is 17.8 Å². The number of amides is 1. The SMILES string of the molecule is CN(Cc1ccccc1NC(=O)Cc1csc(-c2cccs2)n1)C1CCCCC1. The molecular weight excluding hydrogens is 398 g/mol. The van der Waals surface area contributed by atoms with Gasteiger partial charge < -0.3 is 5.32 Å². The third-order valence-electron chi connectivity index (χ3n) is 5.53. The highest BCUT2D eigenvalue weighted by Gasteiger charge is 2.19. The highest BCUT2D eigenvalue weighted by Crippen LogP contribution is 2.28. The van der Waals surface area contributed by atoms with Crippen molar-refractivity contribution in [2.24, 2.45) is 0 Å². The number of thiazole rings is 1. The summed E-state index contributed by atoms with van der Waals surface area (Å²) in [5.41, 5.74) is 2.91. The third kappa shape index (κ3) is 5.32. The minimum atomic E-state index is -0.0131. The molecule has 0 spiro atoms. The average Bonchev–Trinajstić information content (AvgIpc) is 3.42. The van der Waals surface area contributed by atoms with Gasteiger partial charge in [0.15, 0.2) is 0 Å². The van der Waals surface area contributed by atoms with Crippen LogP contribution in [0.15, 0.2) is 47.2 Å². The monoisotopic (exact) mass is 425 g/mol. The zero-order chi connectivity index (χ0) is 20.1. The second-order valence-corrected chi connectivity index (χ2v) is 9.52. The van der Waals surface area contributed by atoms with Gasteiger partial charge in [0.1, 0.15) is 5.01 Å². The van der Waals surface area contributed by atoms with Gasteiger partial charge in [-0.3, -0.25) is 9.69 Å². The van der Waals surface area contributed by atoms with E-state index in [0.717, 1.165) is 27.8 Å². The van der Waals surface area contributed by atoms with Gasteiger partial charge in [0, 0.05) is 23.7 Å². The number of benzene rings is 1. The number of thiophene rings is 1. The molecule has 29 heavy (non-hydrogen) atoms. The number of para-hydroxylation sites is 1. The van der Waals surface area contributed by atoms with Crippen molar-refractivity contribution in [2.75, 3.05) is 12.4 Å². The molecule has 4 nitrogen and oxygen atoms in total. The van der Waals surface area contributed by atoms with Crippen LogP contribution in [0, 0.1) is 0 Å². The van der Waals surface area contributed by atoms with Crippen molar-refractivity contribution in [2.45, 2.75) is 51.1 Å². The van der Waals surface area contributed by atoms with Crippen molar-refractivity contribution >= 4 is 34.3 Å². The first-order valence-electron chi connectivity index (χ1n) is 10.3. The summed E-state index contributed by atoms with van der Waals surface area (Å²) in [5, 5.41) is 8.13. The van der Waals surface area contributed by atoms with E-state index in [9.17, 15) is 4.79 Å². The second kappa shape index (κ2) is 9.65. The smallest absolute Gasteiger partial charge is 0.230 e. The van der Waals surface area contributed by atoms with Gasteiger partial charge in [0.25, 0.3) is 0 Å². The molecule has 152 valence electrons. The summed E-state index contributed by atoms with van der Waals surface area (Å²) in [7, 11) is 2.20. The maximum atomic E-state index is 12.7. The molecule has 0 bridgehead atoms. The molecule has 1 aliphatic carbocycles. The van der Waals surface area contributed by atoms with Crippen LogP contribution in [0.2, 0.25) is 0 Å². The normalized spacial score (nSPS) is 15.0. The summed E-state index contributed by atoms with van der Waals surface area (Å²) in [4.78, 5) is 20.9. The van der Waals surface area contributed by atoms with E-state index in [4.69, 9.17) is 0 Å². The lowest BCUT2D eigenvalue weighted by Gasteiger charge is -2.31. The fourth-order valence-electron chi connectivity index (χ4n) is 3.96. The molecule has 1 N–H and O–H groups in total. The Labute approximate surface area is 180 Å². The average molecular weight is 426 g/mol. The number of aromatic nitrogens is 1. The highest BCUT2D eigenvalue weighted by molar-refractivity contribution is 7.20. The minimum absolute atomic E-state index is 0.0131. The maximum absolute atomic E-state index is 12.7. The molecule has 1 amide bonds. The molecule has 0 saturated heterocycles. The first kappa shape index (κ1) is 20.3. The number of carbonyl (C=O) groups excluding carboxylic acids is 1. The van der Waals surface area contributed by atoms with Crippen LogP contribution in [0.1, 0.15) is 43.4 Å². The van der Waals surface area contributed by atoms with Crippen LogP contribution in [0.3, 0.4) is 0 Å². The Hall–Kier alpha value is -2.02. The van der Waals surface area contributed by atoms with Crippen LogP contribution in [-0.4, -0.2) is 28.9 Å². The molecule has 0 radical (unpaired) electrons. The number of carbonyl (C=O) groups is 1. The molecule has 3 aromatic rings. The summed E-state index contributed by atoms with van der Waals surface area (Å²) in [6, 6.07) is 12.9. The predicted octanol–water partition coefficient (Wildman–Crippen LogP) is 5.82. The van der Waals surface area contributed by atoms with Crippen molar-refractivity contribution < 1.29 is 4.79 Å². The van der Waals surface area contributed by atoms with E-state index >= 15 is 0 Å². The molecule has 0 aliphatic heterocycles. The Kier molecular flexibility index (Phi) is 6.74. The maximum Gasteiger partial charge on any atom is 0.230 e. The Morgan fingerprint density at radius 3 is 2.76 bits per heavy atom. The zero-order valence-electron chi connectivity index (χ0n) is 16.8. The largest absolute Gasteiger partial charge is 0.325 e. The lowest BCUT2D eigenvalue weighted by molar-refractivity contribution is -0.115. The number of anilines is 1. The molecule has 1 fully saturated rings. The highest BCUT2D eigenvalue weighted by atomic mass is 32.1. The van der Waals surface area contributed by atoms with Crippen molar-refractivity contribution in [1.29, 1.82) is 0 Å². The number of nitrogens with one attached hydrogen (secondary N) is 1. The summed E-state index contributed by atoms with van der Waals surface area (Å²) < 4.78 is 0. The van der Waals surface area contributed by atoms with Gasteiger partial charge in [-0.2, -0.15) is 0 Å². The second-order valence-electron chi connectivity index (χ2n) is 7.71. The van der Waals surface area contributed by atoms with Gasteiger partial charge >= 0.3 is 0 Å². The molecule has 1 aliphatic rings. The fraction of sp³-hybridized carbons (Fsp3) is 0.391. The standard InChI is InChI=1S/C23H27N3OS2/c1-26(19-9-3-2-4-10-19)15-17-8-5-6-11-20(17)25-22(27)14-18-16-29-23(24-18)21-12-7-13-28-21/h5-8,11-13,16,19H,2-4,9-10,14-15H2,1H3,(H,25,27). The van der Waals surface area contributed by atoms with Crippen molar-refractivity contribution in [3.63, 3.8) is 0 Å². The van der Waals surface area contributed by atoms with E-state index in [-0.39, 0.29) is 5.91 Å². The van der Waals surface area contributed by atoms with E-state index in [2.05, 4.69) is 34.4 Å². The third-order valence-corrected chi connectivity index (χ3v) is 7.46. The Morgan fingerprint density at radius 1 is 1.14 bits per heavy atom. The topological polar surface area (TPSA) is 45.2 Å². The van der Waals surface area contributed by atoms with E-state index in [1.807, 2.05) is 35.0 Å². The van der Waals surface area contributed by atoms with E-state index in [1.54, 1.807) is 22.7 Å². The van der Waals surface area contributed by atoms with Crippen LogP contribution in [0.25, 0.3) is 9.88 Å². The Bertz CT molecular complexity index is 929. The lowest BCUT2D eigenvalue weighted by atomic mass is 9.94. The fourth-order valence-corrected chi connectivity index (χ4v) is 5.59. The molecule has 1 saturated carbocycles. The van der Waals surface area contributed by atoms with Gasteiger partial charge in [0.05, 0.1) is 17.0 Å². The number of hydrogen-bond donors (Lipinski definition) is 1. The first-order valence-corrected chi connectivity index (χ1v) is 12.0. The van der Waals surface area contributed by atoms with Gasteiger partial charge in [-0.05, 0) is 43.0 Å². The molecule has 0 atom stereocenters. The van der Waals surface area contributed by atoms with E-state index in [0.29, 0.717) is 12.5 Å². The predicted molar refractivity (Wildman–Crippen MR) is 123 cm³/mol. The van der Waals surface area contributed by atoms with Gasteiger partial charge in [0.2, 0.25) is 5.91 Å². The summed E-state index contributed by atoms with van der Waals surface area (Å²) in [6.45, 7) is 0.861. The molecule has 2 heterocycles. The molecule has 1 aromatic carbocycles. The van der Waals surface area contributed by atoms with Gasteiger partial charge in [-0.15, -0.1) is 22.7 Å². The Morgan fingerprint density at radius 2 is 1.97 bits per heavy atom. The van der Waals surface area contributed by atoms with Gasteiger partial charge in [-0.25, -0.2) is 4.98 Å². The summed E-state index contributed by atoms with van der Waals surface area (Å²) in [5.74, 6) is -0.0131. The van der Waals surface area contributed by atoms with Crippen LogP contribution < -0.4 is 5.32 Å². The summed E-state index contributed by atoms with van der Waals surface area (Å²) in [6.07, 6.45) is 6.88. The summed E-state index contributed by atoms with van der Waals surface area (Å²) >= 11 is 3.27. The van der Waals surface area contributed by atoms with Crippen LogP contribution in [0.4, 0.5) is 5.69 Å². The zero-order valence-corrected chi connectivity index (χ0v) is 18.4. The van der Waals surface area contributed by atoms with Crippen molar-refractivity contribution in [1.82, 2.24) is 9.88 Å². The number of nitrogens with zero attached hydrogens (tertiary/aromatic N) is 2. The van der Waals surface area contributed by atoms with E-state index < -0.39 is 0 Å². The molecule has 6 heteroatoms. The van der Waals surface area contributed by atoms with Crippen molar-refractivity contribution in [3.05, 3.63) is 58.4 Å². The first-order chi connectivity index (χ1) is 14.2. The number of hydrogen-bond acceptors (Lipinski definition) is 5. The van der Waals surface area contributed by atoms with Crippen molar-refractivity contribution in [3.8, 4) is 9.88 Å². The van der Waals surface area contributed by atoms with E-state index in [1.165, 1.54) is 37.7 Å². The quantitative estimate of drug-likeness (QED) is 0.519. The number of rotatable bonds is 7. The molecule has 0 unspecified atom stereocenters. The van der Waals surface area contributed by atoms with Gasteiger partial charge in [-0.1, -0.05) is 43.5 Å². The van der Waals surface area contributed by atoms with Crippen LogP contribution >= 0.6 is 22.7 Å². The molecular formula is C23H27N3OS2.